The molecule has 1 saturated carbocycles. The van der Waals surface area contributed by atoms with Gasteiger partial charge in [0.25, 0.3) is 0 Å². The molecule has 118 valence electrons. The summed E-state index contributed by atoms with van der Waals surface area (Å²) in [6, 6.07) is 9.18. The first kappa shape index (κ1) is 17.0. The molecule has 0 spiro atoms. The normalized spacial score (nSPS) is 24.7. The number of benzene rings is 1. The third-order valence-electron chi connectivity index (χ3n) is 4.84. The highest BCUT2D eigenvalue weighted by Gasteiger charge is 2.41. The maximum absolute atomic E-state index is 3.73. The molecule has 21 heavy (non-hydrogen) atoms. The second-order valence-electron chi connectivity index (χ2n) is 7.11. The zero-order valence-corrected chi connectivity index (χ0v) is 15.4. The predicted octanol–water partition coefficient (Wildman–Crippen LogP) is 4.30. The van der Waals surface area contributed by atoms with Crippen LogP contribution >= 0.6 is 15.9 Å². The van der Waals surface area contributed by atoms with Crippen molar-refractivity contribution >= 4 is 15.9 Å². The minimum Gasteiger partial charge on any atom is -0.313 e. The molecule has 0 saturated heterocycles. The highest BCUT2D eigenvalue weighted by atomic mass is 79.9. The second kappa shape index (κ2) is 7.26. The molecule has 2 atom stereocenters. The summed E-state index contributed by atoms with van der Waals surface area (Å²) in [5, 5.41) is 3.73. The van der Waals surface area contributed by atoms with Crippen molar-refractivity contribution < 1.29 is 0 Å². The molecule has 2 nitrogen and oxygen atoms in total. The summed E-state index contributed by atoms with van der Waals surface area (Å²) in [5.41, 5.74) is 1.80. The Morgan fingerprint density at radius 1 is 1.33 bits per heavy atom. The number of nitrogens with zero attached hydrogens (tertiary/aromatic N) is 1. The van der Waals surface area contributed by atoms with E-state index in [4.69, 9.17) is 0 Å². The van der Waals surface area contributed by atoms with Crippen molar-refractivity contribution in [3.8, 4) is 0 Å². The summed E-state index contributed by atoms with van der Waals surface area (Å²) in [6.07, 6.45) is 2.67. The third kappa shape index (κ3) is 4.30. The van der Waals surface area contributed by atoms with Crippen LogP contribution in [0.15, 0.2) is 28.7 Å². The maximum atomic E-state index is 3.73. The van der Waals surface area contributed by atoms with Crippen molar-refractivity contribution in [2.45, 2.75) is 46.2 Å². The molecule has 1 N–H and O–H groups in total. The summed E-state index contributed by atoms with van der Waals surface area (Å²) in [4.78, 5) is 2.47. The monoisotopic (exact) mass is 352 g/mol. The van der Waals surface area contributed by atoms with Crippen LogP contribution in [-0.4, -0.2) is 31.1 Å². The molecule has 0 aliphatic heterocycles. The average molecular weight is 353 g/mol. The highest BCUT2D eigenvalue weighted by Crippen LogP contribution is 2.41. The quantitative estimate of drug-likeness (QED) is 0.821. The van der Waals surface area contributed by atoms with E-state index in [1.807, 2.05) is 0 Å². The van der Waals surface area contributed by atoms with Gasteiger partial charge in [0.15, 0.2) is 0 Å². The largest absolute Gasteiger partial charge is 0.313 e. The predicted molar refractivity (Wildman–Crippen MR) is 94.4 cm³/mol. The molecule has 0 heterocycles. The van der Waals surface area contributed by atoms with Crippen molar-refractivity contribution in [1.82, 2.24) is 10.2 Å². The lowest BCUT2D eigenvalue weighted by molar-refractivity contribution is 0.202. The first-order chi connectivity index (χ1) is 9.94. The van der Waals surface area contributed by atoms with Crippen LogP contribution in [0.1, 0.15) is 39.2 Å². The Morgan fingerprint density at radius 3 is 2.71 bits per heavy atom. The Hall–Kier alpha value is -0.380. The van der Waals surface area contributed by atoms with E-state index < -0.39 is 0 Å². The van der Waals surface area contributed by atoms with E-state index >= 15 is 0 Å². The minimum absolute atomic E-state index is 0.425. The SMILES string of the molecule is CCNC1C(CN(C)Cc2ccccc2Br)CCC1(C)C. The topological polar surface area (TPSA) is 15.3 Å². The Labute approximate surface area is 138 Å². The smallest absolute Gasteiger partial charge is 0.0242 e. The van der Waals surface area contributed by atoms with Gasteiger partial charge in [-0.3, -0.25) is 0 Å². The number of halogens is 1. The van der Waals surface area contributed by atoms with Crippen LogP contribution in [0.4, 0.5) is 0 Å². The van der Waals surface area contributed by atoms with Crippen molar-refractivity contribution in [3.63, 3.8) is 0 Å². The molecule has 1 aromatic carbocycles. The van der Waals surface area contributed by atoms with Crippen LogP contribution in [0.25, 0.3) is 0 Å². The summed E-state index contributed by atoms with van der Waals surface area (Å²) in [7, 11) is 2.24. The molecule has 0 aromatic heterocycles. The number of hydrogen-bond donors (Lipinski definition) is 1. The van der Waals surface area contributed by atoms with E-state index in [0.717, 1.165) is 19.0 Å². The molecule has 1 aromatic rings. The van der Waals surface area contributed by atoms with Gasteiger partial charge in [-0.05, 0) is 49.4 Å². The number of rotatable bonds is 6. The Balaban J connectivity index is 1.96. The van der Waals surface area contributed by atoms with E-state index in [9.17, 15) is 0 Å². The first-order valence-electron chi connectivity index (χ1n) is 8.09. The van der Waals surface area contributed by atoms with Gasteiger partial charge in [0.2, 0.25) is 0 Å². The molecule has 3 heteroatoms. The van der Waals surface area contributed by atoms with Gasteiger partial charge in [0, 0.05) is 23.6 Å². The van der Waals surface area contributed by atoms with Crippen molar-refractivity contribution in [1.29, 1.82) is 0 Å². The fourth-order valence-corrected chi connectivity index (χ4v) is 4.17. The van der Waals surface area contributed by atoms with Crippen LogP contribution in [-0.2, 0) is 6.54 Å². The molecule has 2 unspecified atom stereocenters. The first-order valence-corrected chi connectivity index (χ1v) is 8.88. The summed E-state index contributed by atoms with van der Waals surface area (Å²) in [5.74, 6) is 0.757. The standard InChI is InChI=1S/C18H29BrN2/c1-5-20-17-15(10-11-18(17,2)3)13-21(4)12-14-8-6-7-9-16(14)19/h6-9,15,17,20H,5,10-13H2,1-4H3. The fourth-order valence-electron chi connectivity index (χ4n) is 3.76. The molecular weight excluding hydrogens is 324 g/mol. The zero-order chi connectivity index (χ0) is 15.5. The lowest BCUT2D eigenvalue weighted by Crippen LogP contribution is -2.45. The van der Waals surface area contributed by atoms with E-state index in [2.05, 4.69) is 78.2 Å². The lowest BCUT2D eigenvalue weighted by atomic mass is 9.84. The zero-order valence-electron chi connectivity index (χ0n) is 13.8. The average Bonchev–Trinajstić information content (AvgIpc) is 2.69. The molecular formula is C18H29BrN2. The van der Waals surface area contributed by atoms with Crippen molar-refractivity contribution in [2.75, 3.05) is 20.1 Å². The Bertz CT molecular complexity index is 458. The van der Waals surface area contributed by atoms with Crippen molar-refractivity contribution in [3.05, 3.63) is 34.3 Å². The van der Waals surface area contributed by atoms with Gasteiger partial charge < -0.3 is 10.2 Å². The van der Waals surface area contributed by atoms with E-state index in [1.165, 1.54) is 29.4 Å². The van der Waals surface area contributed by atoms with Crippen LogP contribution in [0.3, 0.4) is 0 Å². The molecule has 1 aliphatic carbocycles. The van der Waals surface area contributed by atoms with E-state index in [-0.39, 0.29) is 0 Å². The van der Waals surface area contributed by atoms with Crippen LogP contribution in [0.2, 0.25) is 0 Å². The Morgan fingerprint density at radius 2 is 2.05 bits per heavy atom. The summed E-state index contributed by atoms with van der Waals surface area (Å²) < 4.78 is 1.21. The summed E-state index contributed by atoms with van der Waals surface area (Å²) >= 11 is 3.65. The van der Waals surface area contributed by atoms with Gasteiger partial charge in [-0.1, -0.05) is 54.9 Å². The van der Waals surface area contributed by atoms with Gasteiger partial charge in [-0.15, -0.1) is 0 Å². The van der Waals surface area contributed by atoms with E-state index in [1.54, 1.807) is 0 Å². The molecule has 2 rings (SSSR count). The van der Waals surface area contributed by atoms with Gasteiger partial charge in [-0.25, -0.2) is 0 Å². The number of nitrogens with one attached hydrogen (secondary N) is 1. The fraction of sp³-hybridized carbons (Fsp3) is 0.667. The van der Waals surface area contributed by atoms with Gasteiger partial charge in [-0.2, -0.15) is 0 Å². The minimum atomic E-state index is 0.425. The lowest BCUT2D eigenvalue weighted by Gasteiger charge is -2.33. The van der Waals surface area contributed by atoms with Gasteiger partial charge >= 0.3 is 0 Å². The highest BCUT2D eigenvalue weighted by molar-refractivity contribution is 9.10. The van der Waals surface area contributed by atoms with E-state index in [0.29, 0.717) is 11.5 Å². The van der Waals surface area contributed by atoms with Crippen LogP contribution < -0.4 is 5.32 Å². The van der Waals surface area contributed by atoms with Gasteiger partial charge in [0.05, 0.1) is 0 Å². The number of hydrogen-bond acceptors (Lipinski definition) is 2. The van der Waals surface area contributed by atoms with Crippen LogP contribution in [0.5, 0.6) is 0 Å². The van der Waals surface area contributed by atoms with Crippen molar-refractivity contribution in [2.24, 2.45) is 11.3 Å². The maximum Gasteiger partial charge on any atom is 0.0242 e. The molecule has 0 radical (unpaired) electrons. The van der Waals surface area contributed by atoms with Gasteiger partial charge in [0.1, 0.15) is 0 Å². The molecule has 0 bridgehead atoms. The van der Waals surface area contributed by atoms with Crippen LogP contribution in [0, 0.1) is 11.3 Å². The second-order valence-corrected chi connectivity index (χ2v) is 7.97. The molecule has 0 amide bonds. The molecule has 1 fully saturated rings. The summed E-state index contributed by atoms with van der Waals surface area (Å²) in [6.45, 7) is 10.3. The third-order valence-corrected chi connectivity index (χ3v) is 5.61. The Kier molecular flexibility index (Phi) is 5.87. The molecule has 1 aliphatic rings.